The van der Waals surface area contributed by atoms with Gasteiger partial charge in [0.05, 0.1) is 13.2 Å². The quantitative estimate of drug-likeness (QED) is 0.149. The molecule has 0 aromatic rings. The van der Waals surface area contributed by atoms with Crippen LogP contribution in [0.1, 0.15) is 54.4 Å². The van der Waals surface area contributed by atoms with E-state index in [9.17, 15) is 4.79 Å². The molecule has 0 spiro atoms. The molecule has 0 saturated carbocycles. The number of carbonyl (C=O) groups excluding carboxylic acids is 1. The molecule has 0 fully saturated rings. The molecule has 0 amide bonds. The monoisotopic (exact) mass is 470 g/mol. The van der Waals surface area contributed by atoms with Crippen molar-refractivity contribution in [2.45, 2.75) is 66.5 Å². The highest BCUT2D eigenvalue weighted by molar-refractivity contribution is 6.61. The molecule has 0 atom stereocenters. The summed E-state index contributed by atoms with van der Waals surface area (Å²) in [6, 6.07) is 1.17. The van der Waals surface area contributed by atoms with Crippen LogP contribution >= 0.6 is 0 Å². The Bertz CT molecular complexity index is 357. The van der Waals surface area contributed by atoms with E-state index in [4.69, 9.17) is 36.0 Å². The van der Waals surface area contributed by atoms with Gasteiger partial charge in [-0.2, -0.15) is 0 Å². The first kappa shape index (κ1) is 29.5. The van der Waals surface area contributed by atoms with Crippen LogP contribution in [0.4, 0.5) is 4.79 Å². The number of hydrogen-bond donors (Lipinski definition) is 0. The van der Waals surface area contributed by atoms with Crippen molar-refractivity contribution >= 4 is 23.8 Å². The molecule has 0 heterocycles. The third kappa shape index (κ3) is 12.3. The maximum atomic E-state index is 11.8. The van der Waals surface area contributed by atoms with E-state index < -0.39 is 23.8 Å². The van der Waals surface area contributed by atoms with Gasteiger partial charge in [-0.3, -0.25) is 0 Å². The van der Waals surface area contributed by atoms with Gasteiger partial charge in [-0.1, -0.05) is 0 Å². The van der Waals surface area contributed by atoms with Gasteiger partial charge in [0.2, 0.25) is 0 Å². The molecule has 180 valence electrons. The van der Waals surface area contributed by atoms with E-state index in [2.05, 4.69) is 0 Å². The fourth-order valence-corrected chi connectivity index (χ4v) is 8.09. The summed E-state index contributed by atoms with van der Waals surface area (Å²) in [4.78, 5) is 11.8. The molecule has 30 heavy (non-hydrogen) atoms. The van der Waals surface area contributed by atoms with Gasteiger partial charge in [-0.15, -0.1) is 0 Å². The van der Waals surface area contributed by atoms with Crippen molar-refractivity contribution in [2.75, 3.05) is 52.9 Å². The average Bonchev–Trinajstić information content (AvgIpc) is 2.70. The molecule has 0 bridgehead atoms. The molecule has 0 radical (unpaired) electrons. The Hall–Kier alpha value is -0.536. The van der Waals surface area contributed by atoms with Crippen LogP contribution in [-0.4, -0.2) is 76.6 Å². The minimum Gasteiger partial charge on any atom is -0.434 e. The van der Waals surface area contributed by atoms with E-state index in [0.29, 0.717) is 64.6 Å². The standard InChI is InChI=1S/C19H42O9Si2/c1-7-23-29(24-8-2,25-9-3)17-13-15-21-19(20)22-16-14-18-30(26-10-4,27-11-5)28-12-6/h7-18H2,1-6H3. The van der Waals surface area contributed by atoms with Crippen LogP contribution in [0.3, 0.4) is 0 Å². The van der Waals surface area contributed by atoms with Crippen molar-refractivity contribution in [1.82, 2.24) is 0 Å². The van der Waals surface area contributed by atoms with Crippen molar-refractivity contribution in [3.8, 4) is 0 Å². The summed E-state index contributed by atoms with van der Waals surface area (Å²) < 4.78 is 45.0. The second-order valence-electron chi connectivity index (χ2n) is 6.12. The third-order valence-electron chi connectivity index (χ3n) is 3.88. The molecule has 0 rings (SSSR count). The first-order valence-electron chi connectivity index (χ1n) is 11.1. The second-order valence-corrected chi connectivity index (χ2v) is 11.6. The van der Waals surface area contributed by atoms with Gasteiger partial charge in [-0.25, -0.2) is 4.79 Å². The Labute approximate surface area is 184 Å². The van der Waals surface area contributed by atoms with Crippen LogP contribution in [0.2, 0.25) is 12.1 Å². The van der Waals surface area contributed by atoms with Gasteiger partial charge in [0.25, 0.3) is 0 Å². The minimum atomic E-state index is -2.71. The molecule has 0 aliphatic rings. The fourth-order valence-electron chi connectivity index (χ4n) is 2.93. The Balaban J connectivity index is 4.27. The Kier molecular flexibility index (Phi) is 17.8. The summed E-state index contributed by atoms with van der Waals surface area (Å²) in [5.41, 5.74) is 0. The summed E-state index contributed by atoms with van der Waals surface area (Å²) in [7, 11) is -5.43. The zero-order valence-electron chi connectivity index (χ0n) is 19.7. The van der Waals surface area contributed by atoms with E-state index in [-0.39, 0.29) is 13.2 Å². The van der Waals surface area contributed by atoms with Gasteiger partial charge in [0.15, 0.2) is 0 Å². The Morgan fingerprint density at radius 1 is 0.533 bits per heavy atom. The van der Waals surface area contributed by atoms with Crippen LogP contribution in [0, 0.1) is 0 Å². The topological polar surface area (TPSA) is 90.9 Å². The van der Waals surface area contributed by atoms with Crippen molar-refractivity contribution < 1.29 is 40.8 Å². The van der Waals surface area contributed by atoms with Gasteiger partial charge in [0.1, 0.15) is 0 Å². The molecule has 0 unspecified atom stereocenters. The van der Waals surface area contributed by atoms with Gasteiger partial charge < -0.3 is 36.0 Å². The minimum absolute atomic E-state index is 0.219. The number of ether oxygens (including phenoxy) is 2. The van der Waals surface area contributed by atoms with Crippen molar-refractivity contribution in [3.05, 3.63) is 0 Å². The number of carbonyl (C=O) groups is 1. The Morgan fingerprint density at radius 2 is 0.800 bits per heavy atom. The summed E-state index contributed by atoms with van der Waals surface area (Å²) >= 11 is 0. The molecule has 0 aromatic carbocycles. The molecule has 0 aliphatic heterocycles. The lowest BCUT2D eigenvalue weighted by molar-refractivity contribution is 0.0450. The zero-order chi connectivity index (χ0) is 22.7. The molecular formula is C19H42O9Si2. The lowest BCUT2D eigenvalue weighted by Gasteiger charge is -2.28. The predicted molar refractivity (Wildman–Crippen MR) is 117 cm³/mol. The van der Waals surface area contributed by atoms with Crippen molar-refractivity contribution in [3.63, 3.8) is 0 Å². The van der Waals surface area contributed by atoms with Crippen molar-refractivity contribution in [2.24, 2.45) is 0 Å². The molecule has 9 nitrogen and oxygen atoms in total. The maximum Gasteiger partial charge on any atom is 0.508 e. The SMILES string of the molecule is CCO[Si](CCCOC(=O)OCCC[Si](OCC)(OCC)OCC)(OCC)OCC. The van der Waals surface area contributed by atoms with E-state index in [1.54, 1.807) is 0 Å². The first-order chi connectivity index (χ1) is 14.5. The summed E-state index contributed by atoms with van der Waals surface area (Å²) in [5, 5.41) is 0. The molecular weight excluding hydrogens is 428 g/mol. The summed E-state index contributed by atoms with van der Waals surface area (Å²) in [6.45, 7) is 15.0. The normalized spacial score (nSPS) is 12.2. The molecule has 0 N–H and O–H groups in total. The van der Waals surface area contributed by atoms with Crippen molar-refractivity contribution in [1.29, 1.82) is 0 Å². The highest BCUT2D eigenvalue weighted by Gasteiger charge is 2.40. The van der Waals surface area contributed by atoms with Gasteiger partial charge in [0, 0.05) is 51.7 Å². The summed E-state index contributed by atoms with van der Waals surface area (Å²) in [6.07, 6.45) is 0.468. The smallest absolute Gasteiger partial charge is 0.434 e. The Morgan fingerprint density at radius 3 is 1.03 bits per heavy atom. The van der Waals surface area contributed by atoms with Crippen LogP contribution in [0.25, 0.3) is 0 Å². The van der Waals surface area contributed by atoms with Crippen LogP contribution < -0.4 is 0 Å². The van der Waals surface area contributed by atoms with E-state index >= 15 is 0 Å². The lowest BCUT2D eigenvalue weighted by Crippen LogP contribution is -2.46. The molecule has 0 aliphatic carbocycles. The second kappa shape index (κ2) is 18.1. The first-order valence-corrected chi connectivity index (χ1v) is 15.0. The lowest BCUT2D eigenvalue weighted by atomic mass is 10.5. The average molecular weight is 471 g/mol. The van der Waals surface area contributed by atoms with Crippen LogP contribution in [-0.2, 0) is 36.0 Å². The molecule has 0 saturated heterocycles. The van der Waals surface area contributed by atoms with E-state index in [1.807, 2.05) is 41.5 Å². The van der Waals surface area contributed by atoms with E-state index in [1.165, 1.54) is 0 Å². The maximum absolute atomic E-state index is 11.8. The highest BCUT2D eigenvalue weighted by atomic mass is 28.4. The molecule has 0 aromatic heterocycles. The highest BCUT2D eigenvalue weighted by Crippen LogP contribution is 2.19. The fraction of sp³-hybridized carbons (Fsp3) is 0.947. The van der Waals surface area contributed by atoms with Gasteiger partial charge in [-0.05, 0) is 54.4 Å². The van der Waals surface area contributed by atoms with Crippen LogP contribution in [0.15, 0.2) is 0 Å². The third-order valence-corrected chi connectivity index (χ3v) is 10.2. The van der Waals surface area contributed by atoms with E-state index in [0.717, 1.165) is 0 Å². The zero-order valence-corrected chi connectivity index (χ0v) is 21.7. The van der Waals surface area contributed by atoms with Gasteiger partial charge >= 0.3 is 23.8 Å². The van der Waals surface area contributed by atoms with Crippen LogP contribution in [0.5, 0.6) is 0 Å². The number of rotatable bonds is 20. The number of hydrogen-bond acceptors (Lipinski definition) is 9. The largest absolute Gasteiger partial charge is 0.508 e. The summed E-state index contributed by atoms with van der Waals surface area (Å²) in [5.74, 6) is 0. The molecule has 11 heteroatoms. The predicted octanol–water partition coefficient (Wildman–Crippen LogP) is 4.02.